The van der Waals surface area contributed by atoms with E-state index < -0.39 is 5.97 Å². The zero-order valence-electron chi connectivity index (χ0n) is 14.7. The molecule has 136 valence electrons. The quantitative estimate of drug-likeness (QED) is 0.660. The van der Waals surface area contributed by atoms with Crippen molar-refractivity contribution in [3.8, 4) is 5.75 Å². The number of rotatable bonds is 5. The Kier molecular flexibility index (Phi) is 5.99. The van der Waals surface area contributed by atoms with Gasteiger partial charge in [-0.25, -0.2) is 4.79 Å². The van der Waals surface area contributed by atoms with E-state index in [0.29, 0.717) is 17.0 Å². The molecular weight excluding hydrogens is 332 g/mol. The van der Waals surface area contributed by atoms with Crippen molar-refractivity contribution >= 4 is 17.6 Å². The molecule has 1 saturated heterocycles. The molecule has 2 aromatic rings. The Morgan fingerprint density at radius 2 is 1.69 bits per heavy atom. The number of benzene rings is 2. The van der Waals surface area contributed by atoms with E-state index in [1.807, 2.05) is 12.1 Å². The molecule has 2 aromatic carbocycles. The van der Waals surface area contributed by atoms with Gasteiger partial charge in [-0.3, -0.25) is 9.69 Å². The number of hydrogen-bond acceptors (Lipinski definition) is 5. The van der Waals surface area contributed by atoms with Gasteiger partial charge in [-0.2, -0.15) is 0 Å². The van der Waals surface area contributed by atoms with Crippen LogP contribution in [0.5, 0.6) is 5.75 Å². The molecule has 3 rings (SSSR count). The smallest absolute Gasteiger partial charge is 0.343 e. The average molecular weight is 354 g/mol. The van der Waals surface area contributed by atoms with Crippen molar-refractivity contribution < 1.29 is 19.1 Å². The highest BCUT2D eigenvalue weighted by molar-refractivity contribution is 5.91. The van der Waals surface area contributed by atoms with E-state index in [1.165, 1.54) is 6.92 Å². The predicted octanol–water partition coefficient (Wildman–Crippen LogP) is 2.70. The van der Waals surface area contributed by atoms with Gasteiger partial charge in [0.05, 0.1) is 18.8 Å². The predicted molar refractivity (Wildman–Crippen MR) is 98.2 cm³/mol. The van der Waals surface area contributed by atoms with Crippen molar-refractivity contribution in [3.63, 3.8) is 0 Å². The molecule has 1 fully saturated rings. The number of amides is 1. The van der Waals surface area contributed by atoms with Crippen LogP contribution in [0.25, 0.3) is 0 Å². The fourth-order valence-electron chi connectivity index (χ4n) is 2.74. The Morgan fingerprint density at radius 1 is 1.04 bits per heavy atom. The normalized spacial score (nSPS) is 14.7. The number of esters is 1. The lowest BCUT2D eigenvalue weighted by atomic mass is 10.1. The van der Waals surface area contributed by atoms with E-state index in [1.54, 1.807) is 36.4 Å². The van der Waals surface area contributed by atoms with Gasteiger partial charge in [0.2, 0.25) is 5.91 Å². The first-order valence-electron chi connectivity index (χ1n) is 8.59. The average Bonchev–Trinajstić information content (AvgIpc) is 2.64. The summed E-state index contributed by atoms with van der Waals surface area (Å²) in [5.74, 6) is -0.122. The van der Waals surface area contributed by atoms with Crippen LogP contribution in [0.15, 0.2) is 48.5 Å². The van der Waals surface area contributed by atoms with Crippen molar-refractivity contribution in [2.45, 2.75) is 13.5 Å². The van der Waals surface area contributed by atoms with Crippen LogP contribution in [0.4, 0.5) is 5.69 Å². The Morgan fingerprint density at radius 3 is 2.31 bits per heavy atom. The minimum atomic E-state index is -0.407. The Balaban J connectivity index is 1.56. The molecule has 0 radical (unpaired) electrons. The summed E-state index contributed by atoms with van der Waals surface area (Å²) in [5.41, 5.74) is 2.31. The molecule has 0 bridgehead atoms. The third kappa shape index (κ3) is 5.15. The fourth-order valence-corrected chi connectivity index (χ4v) is 2.74. The summed E-state index contributed by atoms with van der Waals surface area (Å²) < 4.78 is 10.7. The Bertz CT molecular complexity index is 750. The van der Waals surface area contributed by atoms with E-state index in [4.69, 9.17) is 9.47 Å². The van der Waals surface area contributed by atoms with E-state index >= 15 is 0 Å². The molecule has 6 nitrogen and oxygen atoms in total. The van der Waals surface area contributed by atoms with E-state index in [9.17, 15) is 9.59 Å². The highest BCUT2D eigenvalue weighted by Gasteiger charge is 2.12. The third-order valence-corrected chi connectivity index (χ3v) is 4.08. The van der Waals surface area contributed by atoms with Gasteiger partial charge in [0.1, 0.15) is 5.75 Å². The van der Waals surface area contributed by atoms with Crippen molar-refractivity contribution in [2.24, 2.45) is 0 Å². The lowest BCUT2D eigenvalue weighted by Gasteiger charge is -2.26. The van der Waals surface area contributed by atoms with Crippen LogP contribution in [0.2, 0.25) is 0 Å². The maximum absolute atomic E-state index is 12.3. The molecule has 1 N–H and O–H groups in total. The Labute approximate surface area is 152 Å². The highest BCUT2D eigenvalue weighted by atomic mass is 16.5. The summed E-state index contributed by atoms with van der Waals surface area (Å²) in [7, 11) is 0. The topological polar surface area (TPSA) is 67.9 Å². The largest absolute Gasteiger partial charge is 0.423 e. The molecule has 0 unspecified atom stereocenters. The molecule has 1 aliphatic heterocycles. The molecular formula is C20H22N2O4. The number of hydrogen-bond donors (Lipinski definition) is 1. The van der Waals surface area contributed by atoms with Gasteiger partial charge in [0.15, 0.2) is 0 Å². The second kappa shape index (κ2) is 8.60. The van der Waals surface area contributed by atoms with Gasteiger partial charge in [-0.05, 0) is 42.0 Å². The van der Waals surface area contributed by atoms with Crippen LogP contribution < -0.4 is 10.1 Å². The van der Waals surface area contributed by atoms with Gasteiger partial charge < -0.3 is 14.8 Å². The number of carbonyl (C=O) groups is 2. The van der Waals surface area contributed by atoms with Gasteiger partial charge in [0, 0.05) is 32.2 Å². The first-order valence-corrected chi connectivity index (χ1v) is 8.59. The van der Waals surface area contributed by atoms with Gasteiger partial charge in [-0.1, -0.05) is 12.1 Å². The van der Waals surface area contributed by atoms with Gasteiger partial charge in [-0.15, -0.1) is 0 Å². The highest BCUT2D eigenvalue weighted by Crippen LogP contribution is 2.17. The molecule has 6 heteroatoms. The van der Waals surface area contributed by atoms with Crippen molar-refractivity contribution in [1.82, 2.24) is 4.90 Å². The summed E-state index contributed by atoms with van der Waals surface area (Å²) in [6.45, 7) is 5.69. The van der Waals surface area contributed by atoms with E-state index in [-0.39, 0.29) is 5.91 Å². The molecule has 1 amide bonds. The molecule has 0 aliphatic carbocycles. The fraction of sp³-hybridized carbons (Fsp3) is 0.300. The van der Waals surface area contributed by atoms with Crippen LogP contribution in [-0.2, 0) is 16.1 Å². The molecule has 0 aromatic heterocycles. The van der Waals surface area contributed by atoms with E-state index in [2.05, 4.69) is 10.2 Å². The first-order chi connectivity index (χ1) is 12.6. The Hall–Kier alpha value is -2.70. The standard InChI is InChI=1S/C20H22N2O4/c1-15(23)21-18-6-8-19(9-7-18)26-20(24)17-4-2-16(3-5-17)14-22-10-12-25-13-11-22/h2-9H,10-14H2,1H3,(H,21,23). The molecule has 0 atom stereocenters. The lowest BCUT2D eigenvalue weighted by Crippen LogP contribution is -2.35. The zero-order chi connectivity index (χ0) is 18.4. The second-order valence-corrected chi connectivity index (χ2v) is 6.18. The maximum atomic E-state index is 12.3. The van der Waals surface area contributed by atoms with Crippen LogP contribution >= 0.6 is 0 Å². The van der Waals surface area contributed by atoms with Gasteiger partial charge >= 0.3 is 5.97 Å². The van der Waals surface area contributed by atoms with Crippen LogP contribution in [0.3, 0.4) is 0 Å². The van der Waals surface area contributed by atoms with Crippen LogP contribution in [-0.4, -0.2) is 43.1 Å². The van der Waals surface area contributed by atoms with E-state index in [0.717, 1.165) is 38.4 Å². The molecule has 0 spiro atoms. The number of nitrogens with one attached hydrogen (secondary N) is 1. The van der Waals surface area contributed by atoms with Gasteiger partial charge in [0.25, 0.3) is 0 Å². The van der Waals surface area contributed by atoms with Crippen molar-refractivity contribution in [2.75, 3.05) is 31.6 Å². The number of nitrogens with zero attached hydrogens (tertiary/aromatic N) is 1. The third-order valence-electron chi connectivity index (χ3n) is 4.08. The monoisotopic (exact) mass is 354 g/mol. The number of ether oxygens (including phenoxy) is 2. The van der Waals surface area contributed by atoms with Crippen LogP contribution in [0, 0.1) is 0 Å². The summed E-state index contributed by atoms with van der Waals surface area (Å²) in [5, 5.41) is 2.67. The maximum Gasteiger partial charge on any atom is 0.343 e. The minimum Gasteiger partial charge on any atom is -0.423 e. The first kappa shape index (κ1) is 18.1. The SMILES string of the molecule is CC(=O)Nc1ccc(OC(=O)c2ccc(CN3CCOCC3)cc2)cc1. The second-order valence-electron chi connectivity index (χ2n) is 6.18. The van der Waals surface area contributed by atoms with Crippen LogP contribution in [0.1, 0.15) is 22.8 Å². The summed E-state index contributed by atoms with van der Waals surface area (Å²) in [4.78, 5) is 25.6. The number of morpholine rings is 1. The zero-order valence-corrected chi connectivity index (χ0v) is 14.7. The molecule has 26 heavy (non-hydrogen) atoms. The number of carbonyl (C=O) groups excluding carboxylic acids is 2. The molecule has 1 aliphatic rings. The summed E-state index contributed by atoms with van der Waals surface area (Å²) in [6, 6.07) is 14.1. The molecule has 1 heterocycles. The minimum absolute atomic E-state index is 0.146. The number of anilines is 1. The summed E-state index contributed by atoms with van der Waals surface area (Å²) >= 11 is 0. The summed E-state index contributed by atoms with van der Waals surface area (Å²) in [6.07, 6.45) is 0. The lowest BCUT2D eigenvalue weighted by molar-refractivity contribution is -0.114. The molecule has 0 saturated carbocycles. The van der Waals surface area contributed by atoms with Crippen molar-refractivity contribution in [1.29, 1.82) is 0 Å². The van der Waals surface area contributed by atoms with Crippen molar-refractivity contribution in [3.05, 3.63) is 59.7 Å².